The third-order valence-corrected chi connectivity index (χ3v) is 8.79. The molecule has 198 valence electrons. The van der Waals surface area contributed by atoms with Gasteiger partial charge in [-0.3, -0.25) is 9.59 Å². The van der Waals surface area contributed by atoms with E-state index in [1.165, 1.54) is 11.3 Å². The van der Waals surface area contributed by atoms with Gasteiger partial charge in [0.25, 0.3) is 0 Å². The van der Waals surface area contributed by atoms with Crippen LogP contribution in [0.15, 0.2) is 23.6 Å². The molecule has 9 heteroatoms. The highest BCUT2D eigenvalue weighted by molar-refractivity contribution is 7.17. The van der Waals surface area contributed by atoms with Crippen LogP contribution in [0, 0.1) is 12.8 Å². The zero-order valence-electron chi connectivity index (χ0n) is 22.2. The number of ether oxygens (including phenoxy) is 1. The molecule has 37 heavy (non-hydrogen) atoms. The van der Waals surface area contributed by atoms with E-state index in [0.29, 0.717) is 35.4 Å². The lowest BCUT2D eigenvalue weighted by molar-refractivity contribution is 0.0911. The molecule has 1 aliphatic rings. The van der Waals surface area contributed by atoms with Gasteiger partial charge in [-0.25, -0.2) is 9.97 Å². The van der Waals surface area contributed by atoms with E-state index in [9.17, 15) is 9.59 Å². The first-order valence-electron chi connectivity index (χ1n) is 12.9. The highest BCUT2D eigenvalue weighted by atomic mass is 32.1. The summed E-state index contributed by atoms with van der Waals surface area (Å²) in [7, 11) is 0. The molecule has 0 saturated carbocycles. The number of primary amides is 1. The second kappa shape index (κ2) is 11.8. The first-order valence-corrected chi connectivity index (χ1v) is 14.6. The third kappa shape index (κ3) is 6.83. The summed E-state index contributed by atoms with van der Waals surface area (Å²) in [6.45, 7) is 12.4. The molecule has 3 heterocycles. The Morgan fingerprint density at radius 3 is 2.54 bits per heavy atom. The first-order chi connectivity index (χ1) is 17.6. The van der Waals surface area contributed by atoms with Gasteiger partial charge in [-0.2, -0.15) is 0 Å². The fraction of sp³-hybridized carbons (Fsp3) is 0.500. The molecule has 0 radical (unpaired) electrons. The number of Topliss-reactive ketones (excluding diaryl/α,β-unsaturated/α-hetero) is 1. The van der Waals surface area contributed by atoms with E-state index in [1.54, 1.807) is 29.5 Å². The summed E-state index contributed by atoms with van der Waals surface area (Å²) in [6, 6.07) is 5.82. The van der Waals surface area contributed by atoms with Gasteiger partial charge in [-0.15, -0.1) is 22.7 Å². The van der Waals surface area contributed by atoms with E-state index in [0.717, 1.165) is 58.5 Å². The fourth-order valence-electron chi connectivity index (χ4n) is 4.68. The standard InChI is InChI=1S/C28H36N4O3S2/c1-16(2)32-10-8-19(9-11-32)12-23(33)28-30-18(5)26(37-28)22-15-36-25(31-22)14-21-13-20(27(29)34)6-7-24(21)35-17(3)4/h6-7,13,15-17,19H,8-12,14H2,1-5H3,(H2,29,34). The monoisotopic (exact) mass is 540 g/mol. The van der Waals surface area contributed by atoms with Crippen LogP contribution in [-0.4, -0.2) is 51.8 Å². The molecular weight excluding hydrogens is 504 g/mol. The predicted octanol–water partition coefficient (Wildman–Crippen LogP) is 5.75. The van der Waals surface area contributed by atoms with Crippen molar-refractivity contribution in [1.29, 1.82) is 0 Å². The molecule has 1 aliphatic heterocycles. The first kappa shape index (κ1) is 27.4. The number of benzene rings is 1. The summed E-state index contributed by atoms with van der Waals surface area (Å²) < 4.78 is 5.95. The Kier molecular flexibility index (Phi) is 8.77. The summed E-state index contributed by atoms with van der Waals surface area (Å²) in [5.74, 6) is 0.814. The van der Waals surface area contributed by atoms with Crippen molar-refractivity contribution in [2.24, 2.45) is 11.7 Å². The van der Waals surface area contributed by atoms with E-state index >= 15 is 0 Å². The Labute approximate surface area is 227 Å². The molecule has 0 atom stereocenters. The lowest BCUT2D eigenvalue weighted by atomic mass is 9.91. The highest BCUT2D eigenvalue weighted by Crippen LogP contribution is 2.34. The largest absolute Gasteiger partial charge is 0.491 e. The molecule has 3 aromatic rings. The number of rotatable bonds is 10. The van der Waals surface area contributed by atoms with Gasteiger partial charge in [0.1, 0.15) is 5.75 Å². The zero-order valence-corrected chi connectivity index (χ0v) is 23.9. The van der Waals surface area contributed by atoms with E-state index in [2.05, 4.69) is 23.7 Å². The van der Waals surface area contributed by atoms with Gasteiger partial charge in [0.2, 0.25) is 5.91 Å². The van der Waals surface area contributed by atoms with Crippen molar-refractivity contribution in [2.75, 3.05) is 13.1 Å². The average Bonchev–Trinajstić information content (AvgIpc) is 3.46. The van der Waals surface area contributed by atoms with Gasteiger partial charge in [-0.05, 0) is 84.7 Å². The van der Waals surface area contributed by atoms with Crippen LogP contribution in [0.1, 0.15) is 83.4 Å². The number of likely N-dealkylation sites (tertiary alicyclic amines) is 1. The number of ketones is 1. The van der Waals surface area contributed by atoms with Crippen LogP contribution >= 0.6 is 22.7 Å². The van der Waals surface area contributed by atoms with Crippen molar-refractivity contribution in [1.82, 2.24) is 14.9 Å². The molecule has 7 nitrogen and oxygen atoms in total. The number of aryl methyl sites for hydroxylation is 1. The second-order valence-electron chi connectivity index (χ2n) is 10.3. The fourth-order valence-corrected chi connectivity index (χ4v) is 6.53. The average molecular weight is 541 g/mol. The summed E-state index contributed by atoms with van der Waals surface area (Å²) in [6.07, 6.45) is 3.22. The number of aromatic nitrogens is 2. The van der Waals surface area contributed by atoms with Gasteiger partial charge in [0, 0.05) is 35.4 Å². The molecule has 0 bridgehead atoms. The van der Waals surface area contributed by atoms with Crippen LogP contribution in [-0.2, 0) is 6.42 Å². The zero-order chi connectivity index (χ0) is 26.7. The van der Waals surface area contributed by atoms with Crippen molar-refractivity contribution < 1.29 is 14.3 Å². The molecule has 1 fully saturated rings. The maximum atomic E-state index is 13.0. The Hall–Kier alpha value is -2.62. The summed E-state index contributed by atoms with van der Waals surface area (Å²) in [4.78, 5) is 37.7. The normalized spacial score (nSPS) is 15.0. The molecule has 0 spiro atoms. The number of nitrogens with zero attached hydrogens (tertiary/aromatic N) is 3. The maximum absolute atomic E-state index is 13.0. The lowest BCUT2D eigenvalue weighted by Gasteiger charge is -2.34. The van der Waals surface area contributed by atoms with Crippen LogP contribution < -0.4 is 10.5 Å². The van der Waals surface area contributed by atoms with Crippen LogP contribution in [0.3, 0.4) is 0 Å². The topological polar surface area (TPSA) is 98.4 Å². The van der Waals surface area contributed by atoms with E-state index in [4.69, 9.17) is 15.5 Å². The number of amides is 1. The van der Waals surface area contributed by atoms with Gasteiger partial charge >= 0.3 is 0 Å². The number of hydrogen-bond donors (Lipinski definition) is 1. The number of carbonyl (C=O) groups is 2. The predicted molar refractivity (Wildman–Crippen MR) is 150 cm³/mol. The number of carbonyl (C=O) groups excluding carboxylic acids is 2. The highest BCUT2D eigenvalue weighted by Gasteiger charge is 2.25. The van der Waals surface area contributed by atoms with Gasteiger partial charge in [-0.1, -0.05) is 0 Å². The molecule has 1 aromatic carbocycles. The van der Waals surface area contributed by atoms with Gasteiger partial charge in [0.15, 0.2) is 10.8 Å². The van der Waals surface area contributed by atoms with Crippen LogP contribution in [0.4, 0.5) is 0 Å². The van der Waals surface area contributed by atoms with Crippen molar-refractivity contribution in [3.63, 3.8) is 0 Å². The number of piperidine rings is 1. The Bertz CT molecular complexity index is 1260. The quantitative estimate of drug-likeness (QED) is 0.329. The lowest BCUT2D eigenvalue weighted by Crippen LogP contribution is -2.38. The van der Waals surface area contributed by atoms with Crippen molar-refractivity contribution >= 4 is 34.4 Å². The van der Waals surface area contributed by atoms with Crippen LogP contribution in [0.2, 0.25) is 0 Å². The summed E-state index contributed by atoms with van der Waals surface area (Å²) >= 11 is 2.98. The van der Waals surface area contributed by atoms with Gasteiger partial charge < -0.3 is 15.4 Å². The minimum Gasteiger partial charge on any atom is -0.491 e. The Balaban J connectivity index is 1.47. The van der Waals surface area contributed by atoms with Crippen LogP contribution in [0.5, 0.6) is 5.75 Å². The summed E-state index contributed by atoms with van der Waals surface area (Å²) in [5.41, 5.74) is 8.47. The molecular formula is C28H36N4O3S2. The minimum atomic E-state index is -0.472. The molecule has 0 unspecified atom stereocenters. The van der Waals surface area contributed by atoms with Gasteiger partial charge in [0.05, 0.1) is 27.4 Å². The molecule has 0 aliphatic carbocycles. The summed E-state index contributed by atoms with van der Waals surface area (Å²) in [5, 5.41) is 3.48. The maximum Gasteiger partial charge on any atom is 0.248 e. The molecule has 1 amide bonds. The smallest absolute Gasteiger partial charge is 0.248 e. The second-order valence-corrected chi connectivity index (χ2v) is 12.2. The van der Waals surface area contributed by atoms with Crippen LogP contribution in [0.25, 0.3) is 10.6 Å². The van der Waals surface area contributed by atoms with E-state index < -0.39 is 5.91 Å². The number of nitrogens with two attached hydrogens (primary N) is 1. The Morgan fingerprint density at radius 2 is 1.89 bits per heavy atom. The number of thiazole rings is 2. The van der Waals surface area contributed by atoms with E-state index in [-0.39, 0.29) is 11.9 Å². The molecule has 1 saturated heterocycles. The Morgan fingerprint density at radius 1 is 1.16 bits per heavy atom. The minimum absolute atomic E-state index is 0.00332. The molecule has 2 N–H and O–H groups in total. The molecule has 2 aromatic heterocycles. The van der Waals surface area contributed by atoms with Crippen molar-refractivity contribution in [3.8, 4) is 16.3 Å². The number of hydrogen-bond acceptors (Lipinski definition) is 8. The van der Waals surface area contributed by atoms with Crippen molar-refractivity contribution in [2.45, 2.75) is 72.4 Å². The van der Waals surface area contributed by atoms with E-state index in [1.807, 2.05) is 26.2 Å². The third-order valence-electron chi connectivity index (χ3n) is 6.72. The molecule has 4 rings (SSSR count). The van der Waals surface area contributed by atoms with Crippen molar-refractivity contribution in [3.05, 3.63) is 50.4 Å². The SMILES string of the molecule is Cc1nc(C(=O)CC2CCN(C(C)C)CC2)sc1-c1csc(Cc2cc(C(N)=O)ccc2OC(C)C)n1.